The number of aliphatic hydroxyl groups is 1. The van der Waals surface area contributed by atoms with E-state index in [1.165, 1.54) is 11.1 Å². The molecule has 2 amide bonds. The van der Waals surface area contributed by atoms with Crippen LogP contribution in [0.1, 0.15) is 37.8 Å². The molecule has 112 valence electrons. The van der Waals surface area contributed by atoms with Gasteiger partial charge in [0.1, 0.15) is 0 Å². The summed E-state index contributed by atoms with van der Waals surface area (Å²) in [6, 6.07) is 8.05. The Morgan fingerprint density at radius 3 is 2.30 bits per heavy atom. The van der Waals surface area contributed by atoms with Crippen LogP contribution in [0, 0.1) is 6.92 Å². The standard InChI is InChI=1S/C16H26N2O2/c1-4-16(20,5-2)12-18-15(19)17-11-10-14-8-6-13(3)7-9-14/h6-9,20H,4-5,10-12H2,1-3H3,(H2,17,18,19). The molecule has 0 spiro atoms. The summed E-state index contributed by atoms with van der Waals surface area (Å²) in [7, 11) is 0. The maximum Gasteiger partial charge on any atom is 0.314 e. The lowest BCUT2D eigenvalue weighted by Crippen LogP contribution is -2.46. The van der Waals surface area contributed by atoms with Crippen molar-refractivity contribution in [1.29, 1.82) is 0 Å². The Morgan fingerprint density at radius 2 is 1.75 bits per heavy atom. The van der Waals surface area contributed by atoms with E-state index in [2.05, 4.69) is 41.8 Å². The third-order valence-corrected chi connectivity index (χ3v) is 3.71. The quantitative estimate of drug-likeness (QED) is 0.717. The second-order valence-electron chi connectivity index (χ2n) is 5.28. The van der Waals surface area contributed by atoms with Crippen molar-refractivity contribution < 1.29 is 9.90 Å². The van der Waals surface area contributed by atoms with E-state index in [1.807, 2.05) is 13.8 Å². The van der Waals surface area contributed by atoms with E-state index in [1.54, 1.807) is 0 Å². The van der Waals surface area contributed by atoms with E-state index in [0.717, 1.165) is 6.42 Å². The number of amides is 2. The number of carbonyl (C=O) groups is 1. The number of urea groups is 1. The summed E-state index contributed by atoms with van der Waals surface area (Å²) in [5, 5.41) is 15.6. The van der Waals surface area contributed by atoms with Gasteiger partial charge in [-0.25, -0.2) is 4.79 Å². The smallest absolute Gasteiger partial charge is 0.314 e. The molecule has 4 nitrogen and oxygen atoms in total. The number of hydrogen-bond donors (Lipinski definition) is 3. The third kappa shape index (κ3) is 5.61. The lowest BCUT2D eigenvalue weighted by molar-refractivity contribution is 0.0349. The fraction of sp³-hybridized carbons (Fsp3) is 0.562. The van der Waals surface area contributed by atoms with Crippen molar-refractivity contribution >= 4 is 6.03 Å². The predicted molar refractivity (Wildman–Crippen MR) is 81.8 cm³/mol. The van der Waals surface area contributed by atoms with Crippen molar-refractivity contribution in [2.45, 2.75) is 45.6 Å². The van der Waals surface area contributed by atoms with E-state index in [0.29, 0.717) is 19.4 Å². The van der Waals surface area contributed by atoms with Gasteiger partial charge in [0.15, 0.2) is 0 Å². The van der Waals surface area contributed by atoms with Crippen LogP contribution in [0.4, 0.5) is 4.79 Å². The van der Waals surface area contributed by atoms with Gasteiger partial charge in [0.25, 0.3) is 0 Å². The third-order valence-electron chi connectivity index (χ3n) is 3.71. The second-order valence-corrected chi connectivity index (χ2v) is 5.28. The van der Waals surface area contributed by atoms with Crippen LogP contribution >= 0.6 is 0 Å². The molecule has 20 heavy (non-hydrogen) atoms. The molecule has 0 aliphatic rings. The zero-order valence-electron chi connectivity index (χ0n) is 12.7. The largest absolute Gasteiger partial charge is 0.388 e. The van der Waals surface area contributed by atoms with Crippen LogP contribution < -0.4 is 10.6 Å². The Balaban J connectivity index is 2.25. The average molecular weight is 278 g/mol. The van der Waals surface area contributed by atoms with Gasteiger partial charge >= 0.3 is 6.03 Å². The van der Waals surface area contributed by atoms with Crippen LogP contribution in [0.25, 0.3) is 0 Å². The molecular weight excluding hydrogens is 252 g/mol. The van der Waals surface area contributed by atoms with Crippen LogP contribution in [0.3, 0.4) is 0 Å². The Morgan fingerprint density at radius 1 is 1.15 bits per heavy atom. The van der Waals surface area contributed by atoms with Crippen molar-refractivity contribution in [1.82, 2.24) is 10.6 Å². The molecule has 3 N–H and O–H groups in total. The first-order valence-corrected chi connectivity index (χ1v) is 7.28. The summed E-state index contributed by atoms with van der Waals surface area (Å²) >= 11 is 0. The molecule has 1 rings (SSSR count). The molecule has 0 saturated heterocycles. The molecule has 0 saturated carbocycles. The molecule has 0 unspecified atom stereocenters. The monoisotopic (exact) mass is 278 g/mol. The number of rotatable bonds is 7. The SMILES string of the molecule is CCC(O)(CC)CNC(=O)NCCc1ccc(C)cc1. The minimum atomic E-state index is -0.797. The van der Waals surface area contributed by atoms with Crippen molar-refractivity contribution in [2.75, 3.05) is 13.1 Å². The molecule has 0 aliphatic carbocycles. The first-order valence-electron chi connectivity index (χ1n) is 7.28. The average Bonchev–Trinajstić information content (AvgIpc) is 2.47. The first kappa shape index (κ1) is 16.5. The van der Waals surface area contributed by atoms with Gasteiger partial charge in [-0.2, -0.15) is 0 Å². The van der Waals surface area contributed by atoms with E-state index in [9.17, 15) is 9.90 Å². The van der Waals surface area contributed by atoms with Crippen molar-refractivity contribution in [3.8, 4) is 0 Å². The van der Waals surface area contributed by atoms with Crippen LogP contribution in [-0.2, 0) is 6.42 Å². The summed E-state index contributed by atoms with van der Waals surface area (Å²) in [5.41, 5.74) is 1.64. The minimum Gasteiger partial charge on any atom is -0.388 e. The number of nitrogens with one attached hydrogen (secondary N) is 2. The fourth-order valence-corrected chi connectivity index (χ4v) is 1.88. The molecule has 4 heteroatoms. The van der Waals surface area contributed by atoms with Crippen molar-refractivity contribution in [2.24, 2.45) is 0 Å². The highest BCUT2D eigenvalue weighted by Crippen LogP contribution is 2.12. The summed E-state index contributed by atoms with van der Waals surface area (Å²) < 4.78 is 0. The number of carbonyl (C=O) groups excluding carboxylic acids is 1. The molecule has 1 aromatic carbocycles. The van der Waals surface area contributed by atoms with Gasteiger partial charge in [-0.3, -0.25) is 0 Å². The fourth-order valence-electron chi connectivity index (χ4n) is 1.88. The molecule has 0 radical (unpaired) electrons. The van der Waals surface area contributed by atoms with Crippen molar-refractivity contribution in [3.63, 3.8) is 0 Å². The summed E-state index contributed by atoms with van der Waals surface area (Å²) in [6.07, 6.45) is 2.07. The number of benzene rings is 1. The zero-order chi connectivity index (χ0) is 15.0. The first-order chi connectivity index (χ1) is 9.49. The molecule has 0 aromatic heterocycles. The van der Waals surface area contributed by atoms with Gasteiger partial charge in [-0.05, 0) is 31.7 Å². The molecule has 0 fully saturated rings. The molecule has 1 aromatic rings. The summed E-state index contributed by atoms with van der Waals surface area (Å²) in [6.45, 7) is 6.76. The van der Waals surface area contributed by atoms with Gasteiger partial charge in [-0.15, -0.1) is 0 Å². The predicted octanol–water partition coefficient (Wildman–Crippen LogP) is 2.39. The Hall–Kier alpha value is -1.55. The van der Waals surface area contributed by atoms with Crippen LogP contribution in [0.5, 0.6) is 0 Å². The van der Waals surface area contributed by atoms with Crippen LogP contribution in [-0.4, -0.2) is 29.8 Å². The normalized spacial score (nSPS) is 11.2. The molecule has 0 atom stereocenters. The Kier molecular flexibility index (Phi) is 6.52. The Bertz CT molecular complexity index is 411. The van der Waals surface area contributed by atoms with Crippen LogP contribution in [0.15, 0.2) is 24.3 Å². The van der Waals surface area contributed by atoms with Gasteiger partial charge < -0.3 is 15.7 Å². The van der Waals surface area contributed by atoms with Gasteiger partial charge in [0, 0.05) is 13.1 Å². The van der Waals surface area contributed by atoms with Gasteiger partial charge in [0.2, 0.25) is 0 Å². The minimum absolute atomic E-state index is 0.225. The summed E-state index contributed by atoms with van der Waals surface area (Å²) in [5.74, 6) is 0. The molecule has 0 aliphatic heterocycles. The Labute approximate surface area is 121 Å². The van der Waals surface area contributed by atoms with E-state index in [4.69, 9.17) is 0 Å². The number of hydrogen-bond acceptors (Lipinski definition) is 2. The van der Waals surface area contributed by atoms with Crippen LogP contribution in [0.2, 0.25) is 0 Å². The molecule has 0 bridgehead atoms. The van der Waals surface area contributed by atoms with E-state index < -0.39 is 5.60 Å². The highest BCUT2D eigenvalue weighted by Gasteiger charge is 2.22. The molecule has 0 heterocycles. The number of aryl methyl sites for hydroxylation is 1. The zero-order valence-corrected chi connectivity index (χ0v) is 12.7. The topological polar surface area (TPSA) is 61.4 Å². The highest BCUT2D eigenvalue weighted by molar-refractivity contribution is 5.73. The lowest BCUT2D eigenvalue weighted by Gasteiger charge is -2.25. The molecular formula is C16H26N2O2. The van der Waals surface area contributed by atoms with Gasteiger partial charge in [0.05, 0.1) is 5.60 Å². The highest BCUT2D eigenvalue weighted by atomic mass is 16.3. The summed E-state index contributed by atoms with van der Waals surface area (Å²) in [4.78, 5) is 11.6. The lowest BCUT2D eigenvalue weighted by atomic mass is 9.98. The van der Waals surface area contributed by atoms with E-state index in [-0.39, 0.29) is 12.6 Å². The van der Waals surface area contributed by atoms with Crippen molar-refractivity contribution in [3.05, 3.63) is 35.4 Å². The maximum atomic E-state index is 11.6. The second kappa shape index (κ2) is 7.90. The van der Waals surface area contributed by atoms with E-state index >= 15 is 0 Å². The van der Waals surface area contributed by atoms with Gasteiger partial charge in [-0.1, -0.05) is 43.7 Å². The maximum absolute atomic E-state index is 11.6.